The normalized spacial score (nSPS) is 23.2. The van der Waals surface area contributed by atoms with Gasteiger partial charge in [0.1, 0.15) is 11.4 Å². The number of carbonyl (C=O) groups is 2. The highest BCUT2D eigenvalue weighted by Crippen LogP contribution is 2.41. The number of benzene rings is 2. The quantitative estimate of drug-likeness (QED) is 0.419. The van der Waals surface area contributed by atoms with Crippen LogP contribution in [0.4, 0.5) is 0 Å². The summed E-state index contributed by atoms with van der Waals surface area (Å²) in [6.07, 6.45) is 10.7. The van der Waals surface area contributed by atoms with Gasteiger partial charge >= 0.3 is 0 Å². The summed E-state index contributed by atoms with van der Waals surface area (Å²) < 4.78 is 0. The smallest absolute Gasteiger partial charge is 0.256 e. The minimum absolute atomic E-state index is 0.177. The molecular formula is C33H36N4O2. The molecule has 200 valence electrons. The van der Waals surface area contributed by atoms with Gasteiger partial charge in [0, 0.05) is 48.9 Å². The predicted octanol–water partition coefficient (Wildman–Crippen LogP) is 5.70. The number of pyridine rings is 1. The summed E-state index contributed by atoms with van der Waals surface area (Å²) in [4.78, 5) is 40.0. The van der Waals surface area contributed by atoms with Gasteiger partial charge in [-0.15, -0.1) is 0 Å². The van der Waals surface area contributed by atoms with Crippen LogP contribution in [0.3, 0.4) is 0 Å². The zero-order chi connectivity index (χ0) is 26.6. The summed E-state index contributed by atoms with van der Waals surface area (Å²) in [6.45, 7) is 4.59. The number of aliphatic imine (C=N–C) groups is 1. The first-order valence-corrected chi connectivity index (χ1v) is 14.7. The molecule has 6 nitrogen and oxygen atoms in total. The standard InChI is InChI=1S/C33H36N4O2/c1-22(27-14-18-36(21-27)31(38)25-11-12-25)20-37-30(35-33(32(37)39)15-2-3-16-33)24-9-7-23(8-10-24)28-6-4-5-26-19-34-17-13-29(26)28/h4-10,13,17,19,22,25,27H,2-3,11-12,14-16,18,20-21H2,1H3. The van der Waals surface area contributed by atoms with Crippen LogP contribution in [0, 0.1) is 17.8 Å². The average Bonchev–Trinajstić information content (AvgIpc) is 3.39. The molecule has 0 N–H and O–H groups in total. The largest absolute Gasteiger partial charge is 0.342 e. The van der Waals surface area contributed by atoms with E-state index in [0.717, 1.165) is 80.4 Å². The van der Waals surface area contributed by atoms with Crippen LogP contribution in [0.25, 0.3) is 21.9 Å². The Morgan fingerprint density at radius 1 is 1.03 bits per heavy atom. The second-order valence-electron chi connectivity index (χ2n) is 12.2. The molecule has 6 heteroatoms. The molecule has 3 aromatic rings. The molecule has 2 aliphatic heterocycles. The highest BCUT2D eigenvalue weighted by molar-refractivity contribution is 6.15. The Hall–Kier alpha value is -3.54. The lowest BCUT2D eigenvalue weighted by Gasteiger charge is -2.28. The van der Waals surface area contributed by atoms with E-state index < -0.39 is 5.54 Å². The Kier molecular flexibility index (Phi) is 6.02. The topological polar surface area (TPSA) is 65.9 Å². The molecule has 7 rings (SSSR count). The van der Waals surface area contributed by atoms with Gasteiger partial charge in [-0.25, -0.2) is 0 Å². The third-order valence-electron chi connectivity index (χ3n) is 9.52. The number of hydrogen-bond acceptors (Lipinski definition) is 4. The van der Waals surface area contributed by atoms with Crippen LogP contribution in [-0.2, 0) is 9.59 Å². The van der Waals surface area contributed by atoms with E-state index in [1.54, 1.807) is 0 Å². The van der Waals surface area contributed by atoms with Crippen molar-refractivity contribution < 1.29 is 9.59 Å². The van der Waals surface area contributed by atoms with Gasteiger partial charge in [0.15, 0.2) is 0 Å². The maximum absolute atomic E-state index is 13.9. The molecule has 0 bridgehead atoms. The second-order valence-corrected chi connectivity index (χ2v) is 12.2. The highest BCUT2D eigenvalue weighted by Gasteiger charge is 2.50. The van der Waals surface area contributed by atoms with Gasteiger partial charge in [0.05, 0.1) is 0 Å². The molecule has 2 aliphatic carbocycles. The number of rotatable bonds is 6. The highest BCUT2D eigenvalue weighted by atomic mass is 16.2. The molecule has 1 spiro atoms. The fourth-order valence-corrected chi connectivity index (χ4v) is 6.98. The van der Waals surface area contributed by atoms with Gasteiger partial charge in [0.2, 0.25) is 5.91 Å². The number of hydrogen-bond donors (Lipinski definition) is 0. The summed E-state index contributed by atoms with van der Waals surface area (Å²) in [5, 5.41) is 2.30. The van der Waals surface area contributed by atoms with Gasteiger partial charge < -0.3 is 4.90 Å². The van der Waals surface area contributed by atoms with Crippen LogP contribution in [0.5, 0.6) is 0 Å². The molecule has 2 amide bonds. The number of amidine groups is 1. The van der Waals surface area contributed by atoms with Crippen LogP contribution in [0.2, 0.25) is 0 Å². The zero-order valence-corrected chi connectivity index (χ0v) is 22.7. The van der Waals surface area contributed by atoms with E-state index in [9.17, 15) is 9.59 Å². The van der Waals surface area contributed by atoms with Crippen LogP contribution in [-0.4, -0.2) is 57.6 Å². The van der Waals surface area contributed by atoms with Gasteiger partial charge in [-0.3, -0.25) is 24.5 Å². The van der Waals surface area contributed by atoms with E-state index in [0.29, 0.717) is 24.3 Å². The Morgan fingerprint density at radius 2 is 1.79 bits per heavy atom. The Balaban J connectivity index is 1.15. The number of likely N-dealkylation sites (tertiary alicyclic amines) is 1. The molecule has 2 saturated carbocycles. The number of fused-ring (bicyclic) bond motifs is 1. The average molecular weight is 521 g/mol. The van der Waals surface area contributed by atoms with Crippen molar-refractivity contribution in [3.63, 3.8) is 0 Å². The molecule has 2 unspecified atom stereocenters. The van der Waals surface area contributed by atoms with E-state index in [2.05, 4.69) is 65.3 Å². The summed E-state index contributed by atoms with van der Waals surface area (Å²) in [5.41, 5.74) is 2.74. The summed E-state index contributed by atoms with van der Waals surface area (Å²) in [6, 6.07) is 16.9. The van der Waals surface area contributed by atoms with E-state index in [1.165, 1.54) is 10.9 Å². The SMILES string of the molecule is CC(CN1C(=O)C2(CCCC2)N=C1c1ccc(-c2cccc3cnccc23)cc1)C1CCN(C(=O)C2CC2)C1. The van der Waals surface area contributed by atoms with Crippen LogP contribution in [0.15, 0.2) is 65.9 Å². The fraction of sp³-hybridized carbons (Fsp3) is 0.455. The number of amides is 2. The Bertz CT molecular complexity index is 1450. The van der Waals surface area contributed by atoms with E-state index in [-0.39, 0.29) is 11.8 Å². The first-order valence-electron chi connectivity index (χ1n) is 14.7. The molecule has 0 radical (unpaired) electrons. The molecule has 4 aliphatic rings. The van der Waals surface area contributed by atoms with Crippen molar-refractivity contribution in [3.05, 3.63) is 66.5 Å². The minimum atomic E-state index is -0.583. The number of carbonyl (C=O) groups excluding carboxylic acids is 2. The van der Waals surface area contributed by atoms with Crippen molar-refractivity contribution in [2.24, 2.45) is 22.7 Å². The third kappa shape index (κ3) is 4.34. The maximum Gasteiger partial charge on any atom is 0.256 e. The van der Waals surface area contributed by atoms with Gasteiger partial charge in [-0.2, -0.15) is 0 Å². The fourth-order valence-electron chi connectivity index (χ4n) is 6.98. The molecular weight excluding hydrogens is 484 g/mol. The zero-order valence-electron chi connectivity index (χ0n) is 22.7. The lowest BCUT2D eigenvalue weighted by atomic mass is 9.91. The first-order chi connectivity index (χ1) is 19.0. The Morgan fingerprint density at radius 3 is 2.56 bits per heavy atom. The third-order valence-corrected chi connectivity index (χ3v) is 9.52. The monoisotopic (exact) mass is 520 g/mol. The van der Waals surface area contributed by atoms with Gasteiger partial charge in [-0.1, -0.05) is 62.2 Å². The maximum atomic E-state index is 13.9. The molecule has 2 atom stereocenters. The summed E-state index contributed by atoms with van der Waals surface area (Å²) >= 11 is 0. The van der Waals surface area contributed by atoms with Crippen molar-refractivity contribution in [3.8, 4) is 11.1 Å². The molecule has 1 saturated heterocycles. The van der Waals surface area contributed by atoms with Crippen molar-refractivity contribution in [2.75, 3.05) is 19.6 Å². The van der Waals surface area contributed by atoms with E-state index >= 15 is 0 Å². The van der Waals surface area contributed by atoms with E-state index in [4.69, 9.17) is 4.99 Å². The van der Waals surface area contributed by atoms with Crippen molar-refractivity contribution >= 4 is 28.4 Å². The lowest BCUT2D eigenvalue weighted by Crippen LogP contribution is -2.44. The van der Waals surface area contributed by atoms with Crippen LogP contribution >= 0.6 is 0 Å². The van der Waals surface area contributed by atoms with Crippen LogP contribution in [0.1, 0.15) is 57.4 Å². The summed E-state index contributed by atoms with van der Waals surface area (Å²) in [5.74, 6) is 2.34. The van der Waals surface area contributed by atoms with Crippen molar-refractivity contribution in [1.82, 2.24) is 14.8 Å². The Labute approximate surface area is 230 Å². The predicted molar refractivity (Wildman–Crippen MR) is 153 cm³/mol. The molecule has 3 fully saturated rings. The minimum Gasteiger partial charge on any atom is -0.342 e. The molecule has 3 heterocycles. The van der Waals surface area contributed by atoms with Gasteiger partial charge in [-0.05, 0) is 66.5 Å². The second kappa shape index (κ2) is 9.58. The lowest BCUT2D eigenvalue weighted by molar-refractivity contribution is -0.132. The molecule has 1 aromatic heterocycles. The number of aromatic nitrogens is 1. The van der Waals surface area contributed by atoms with Crippen LogP contribution < -0.4 is 0 Å². The summed E-state index contributed by atoms with van der Waals surface area (Å²) in [7, 11) is 0. The van der Waals surface area contributed by atoms with Gasteiger partial charge in [0.25, 0.3) is 5.91 Å². The molecule has 39 heavy (non-hydrogen) atoms. The molecule has 2 aromatic carbocycles. The van der Waals surface area contributed by atoms with Crippen molar-refractivity contribution in [2.45, 2.75) is 57.4 Å². The van der Waals surface area contributed by atoms with Crippen molar-refractivity contribution in [1.29, 1.82) is 0 Å². The van der Waals surface area contributed by atoms with E-state index in [1.807, 2.05) is 17.3 Å². The number of nitrogens with zero attached hydrogens (tertiary/aromatic N) is 4. The first kappa shape index (κ1) is 24.5.